The summed E-state index contributed by atoms with van der Waals surface area (Å²) in [6, 6.07) is 7.81. The second-order valence-electron chi connectivity index (χ2n) is 5.77. The maximum Gasteiger partial charge on any atom is 0.331 e. The van der Waals surface area contributed by atoms with Gasteiger partial charge in [0.2, 0.25) is 0 Å². The summed E-state index contributed by atoms with van der Waals surface area (Å²) < 4.78 is 16.4. The van der Waals surface area contributed by atoms with E-state index in [1.807, 2.05) is 12.1 Å². The normalized spacial score (nSPS) is 11.6. The van der Waals surface area contributed by atoms with Crippen molar-refractivity contribution in [3.63, 3.8) is 0 Å². The van der Waals surface area contributed by atoms with Gasteiger partial charge in [-0.05, 0) is 42.0 Å². The summed E-state index contributed by atoms with van der Waals surface area (Å²) in [7, 11) is 3.13. The van der Waals surface area contributed by atoms with Crippen LogP contribution in [0.5, 0.6) is 11.5 Å². The average Bonchev–Trinajstić information content (AvgIpc) is 2.60. The van der Waals surface area contributed by atoms with Gasteiger partial charge in [-0.25, -0.2) is 4.79 Å². The van der Waals surface area contributed by atoms with Gasteiger partial charge in [0.05, 0.1) is 7.11 Å². The molecule has 0 aromatic heterocycles. The van der Waals surface area contributed by atoms with E-state index in [0.717, 1.165) is 34.7 Å². The molecule has 0 aliphatic carbocycles. The summed E-state index contributed by atoms with van der Waals surface area (Å²) in [5.74, 6) is 0.225. The maximum atomic E-state index is 11.2. The molecule has 0 amide bonds. The van der Waals surface area contributed by atoms with Crippen molar-refractivity contribution >= 4 is 22.8 Å². The molecule has 0 atom stereocenters. The molecule has 5 nitrogen and oxygen atoms in total. The van der Waals surface area contributed by atoms with E-state index in [-0.39, 0.29) is 12.4 Å². The van der Waals surface area contributed by atoms with Crippen LogP contribution in [0.15, 0.2) is 29.8 Å². The van der Waals surface area contributed by atoms with E-state index in [1.54, 1.807) is 33.3 Å². The number of carboxylic acid groups (broad SMARTS) is 1. The van der Waals surface area contributed by atoms with Crippen LogP contribution in [0.2, 0.25) is 0 Å². The first kappa shape index (κ1) is 18.8. The molecule has 0 fully saturated rings. The van der Waals surface area contributed by atoms with E-state index in [2.05, 4.69) is 13.0 Å². The molecule has 25 heavy (non-hydrogen) atoms. The molecule has 0 unspecified atom stereocenters. The predicted molar refractivity (Wildman–Crippen MR) is 98.3 cm³/mol. The Morgan fingerprint density at radius 2 is 2.04 bits per heavy atom. The molecule has 0 radical (unpaired) electrons. The molecular weight excluding hydrogens is 320 g/mol. The Balaban J connectivity index is 2.82. The van der Waals surface area contributed by atoms with Gasteiger partial charge in [0, 0.05) is 18.1 Å². The Morgan fingerprint density at radius 3 is 2.64 bits per heavy atom. The number of ether oxygens (including phenoxy) is 3. The van der Waals surface area contributed by atoms with Gasteiger partial charge < -0.3 is 19.3 Å². The van der Waals surface area contributed by atoms with Crippen LogP contribution in [0, 0.1) is 0 Å². The van der Waals surface area contributed by atoms with E-state index < -0.39 is 5.97 Å². The molecule has 134 valence electrons. The quantitative estimate of drug-likeness (QED) is 0.572. The largest absolute Gasteiger partial charge is 0.493 e. The summed E-state index contributed by atoms with van der Waals surface area (Å²) in [6.45, 7) is 3.80. The molecule has 2 aromatic rings. The Labute approximate surface area is 147 Å². The lowest BCUT2D eigenvalue weighted by molar-refractivity contribution is -0.132. The fourth-order valence-corrected chi connectivity index (χ4v) is 2.82. The number of benzene rings is 2. The van der Waals surface area contributed by atoms with Crippen molar-refractivity contribution in [3.8, 4) is 11.5 Å². The highest BCUT2D eigenvalue weighted by atomic mass is 16.7. The van der Waals surface area contributed by atoms with Crippen molar-refractivity contribution in [2.75, 3.05) is 21.0 Å². The number of hydrogen-bond donors (Lipinski definition) is 1. The fraction of sp³-hybridized carbons (Fsp3) is 0.350. The SMILES string of the molecule is CCCc1cccc2c(/C=C(/C)C(=O)O)cc(OC)c(OCOC)c12. The minimum absolute atomic E-state index is 0.106. The highest BCUT2D eigenvalue weighted by Crippen LogP contribution is 2.41. The van der Waals surface area contributed by atoms with Gasteiger partial charge in [-0.3, -0.25) is 0 Å². The lowest BCUT2D eigenvalue weighted by Crippen LogP contribution is -2.04. The zero-order valence-electron chi connectivity index (χ0n) is 15.1. The van der Waals surface area contributed by atoms with Crippen molar-refractivity contribution in [2.45, 2.75) is 26.7 Å². The Hall–Kier alpha value is -2.53. The van der Waals surface area contributed by atoms with Crippen LogP contribution in [0.4, 0.5) is 0 Å². The third-order valence-electron chi connectivity index (χ3n) is 3.97. The minimum Gasteiger partial charge on any atom is -0.493 e. The summed E-state index contributed by atoms with van der Waals surface area (Å²) in [4.78, 5) is 11.2. The van der Waals surface area contributed by atoms with E-state index >= 15 is 0 Å². The van der Waals surface area contributed by atoms with Crippen LogP contribution in [-0.4, -0.2) is 32.1 Å². The Morgan fingerprint density at radius 1 is 1.28 bits per heavy atom. The molecule has 2 aromatic carbocycles. The number of carboxylic acids is 1. The van der Waals surface area contributed by atoms with Gasteiger partial charge in [-0.1, -0.05) is 31.5 Å². The zero-order valence-corrected chi connectivity index (χ0v) is 15.1. The van der Waals surface area contributed by atoms with Gasteiger partial charge in [-0.2, -0.15) is 0 Å². The topological polar surface area (TPSA) is 65.0 Å². The third kappa shape index (κ3) is 4.12. The molecule has 0 saturated heterocycles. The highest BCUT2D eigenvalue weighted by Gasteiger charge is 2.17. The fourth-order valence-electron chi connectivity index (χ4n) is 2.82. The monoisotopic (exact) mass is 344 g/mol. The Bertz CT molecular complexity index is 792. The van der Waals surface area contributed by atoms with Gasteiger partial charge in [0.1, 0.15) is 0 Å². The molecule has 0 heterocycles. The number of rotatable bonds is 8. The summed E-state index contributed by atoms with van der Waals surface area (Å²) >= 11 is 0. The molecule has 0 aliphatic heterocycles. The van der Waals surface area contributed by atoms with E-state index in [9.17, 15) is 9.90 Å². The van der Waals surface area contributed by atoms with Gasteiger partial charge >= 0.3 is 5.97 Å². The molecular formula is C20H24O5. The number of methoxy groups -OCH3 is 2. The lowest BCUT2D eigenvalue weighted by atomic mass is 9.95. The predicted octanol–water partition coefficient (Wildman–Crippen LogP) is 4.27. The van der Waals surface area contributed by atoms with Crippen LogP contribution in [0.1, 0.15) is 31.4 Å². The first-order valence-electron chi connectivity index (χ1n) is 8.19. The minimum atomic E-state index is -0.948. The zero-order chi connectivity index (χ0) is 18.4. The van der Waals surface area contributed by atoms with Crippen molar-refractivity contribution in [3.05, 3.63) is 41.0 Å². The summed E-state index contributed by atoms with van der Waals surface area (Å²) in [6.07, 6.45) is 3.53. The molecule has 0 saturated carbocycles. The Kier molecular flexibility index (Phi) is 6.42. The number of carbonyl (C=O) groups is 1. The van der Waals surface area contributed by atoms with Crippen molar-refractivity contribution in [2.24, 2.45) is 0 Å². The van der Waals surface area contributed by atoms with Crippen molar-refractivity contribution < 1.29 is 24.1 Å². The molecule has 0 aliphatic rings. The van der Waals surface area contributed by atoms with E-state index in [4.69, 9.17) is 14.2 Å². The van der Waals surface area contributed by atoms with Crippen LogP contribution in [0.25, 0.3) is 16.8 Å². The number of fused-ring (bicyclic) bond motifs is 1. The summed E-state index contributed by atoms with van der Waals surface area (Å²) in [5, 5.41) is 11.1. The maximum absolute atomic E-state index is 11.2. The van der Waals surface area contributed by atoms with E-state index in [0.29, 0.717) is 11.5 Å². The second kappa shape index (κ2) is 8.53. The number of aliphatic carboxylic acids is 1. The van der Waals surface area contributed by atoms with Crippen LogP contribution < -0.4 is 9.47 Å². The van der Waals surface area contributed by atoms with Gasteiger partial charge in [0.25, 0.3) is 0 Å². The molecule has 0 spiro atoms. The molecule has 1 N–H and O–H groups in total. The van der Waals surface area contributed by atoms with Crippen LogP contribution in [-0.2, 0) is 16.0 Å². The van der Waals surface area contributed by atoms with Crippen molar-refractivity contribution in [1.29, 1.82) is 0 Å². The smallest absolute Gasteiger partial charge is 0.331 e. The highest BCUT2D eigenvalue weighted by molar-refractivity contribution is 6.02. The molecule has 0 bridgehead atoms. The van der Waals surface area contributed by atoms with Gasteiger partial charge in [0.15, 0.2) is 18.3 Å². The number of hydrogen-bond acceptors (Lipinski definition) is 4. The van der Waals surface area contributed by atoms with Crippen molar-refractivity contribution in [1.82, 2.24) is 0 Å². The second-order valence-corrected chi connectivity index (χ2v) is 5.77. The van der Waals surface area contributed by atoms with Crippen LogP contribution >= 0.6 is 0 Å². The summed E-state index contributed by atoms with van der Waals surface area (Å²) in [5.41, 5.74) is 2.18. The molecule has 5 heteroatoms. The standard InChI is InChI=1S/C20H24O5/c1-5-7-14-8-6-9-16-15(10-13(2)20(21)22)11-17(24-4)19(18(14)16)25-12-23-3/h6,8-11H,5,7,12H2,1-4H3,(H,21,22)/b13-10-. The van der Waals surface area contributed by atoms with Crippen LogP contribution in [0.3, 0.4) is 0 Å². The lowest BCUT2D eigenvalue weighted by Gasteiger charge is -2.17. The first-order valence-corrected chi connectivity index (χ1v) is 8.19. The molecule has 2 rings (SSSR count). The first-order chi connectivity index (χ1) is 12.0. The van der Waals surface area contributed by atoms with Gasteiger partial charge in [-0.15, -0.1) is 0 Å². The number of aryl methyl sites for hydroxylation is 1. The third-order valence-corrected chi connectivity index (χ3v) is 3.97. The van der Waals surface area contributed by atoms with E-state index in [1.165, 1.54) is 0 Å². The average molecular weight is 344 g/mol.